The van der Waals surface area contributed by atoms with Crippen LogP contribution in [0, 0.1) is 0 Å². The molecule has 2 atom stereocenters. The minimum absolute atomic E-state index is 0.152. The van der Waals surface area contributed by atoms with Crippen LogP contribution in [-0.2, 0) is 9.59 Å². The van der Waals surface area contributed by atoms with Gasteiger partial charge in [-0.2, -0.15) is 0 Å². The number of rotatable bonds is 6. The molecular weight excluding hydrogens is 414 g/mol. The van der Waals surface area contributed by atoms with Gasteiger partial charge in [0.1, 0.15) is 11.1 Å². The number of carboxylic acids is 1. The van der Waals surface area contributed by atoms with Crippen LogP contribution in [0.5, 0.6) is 5.75 Å². The molecule has 0 aromatic heterocycles. The highest BCUT2D eigenvalue weighted by Gasteiger charge is 2.42. The molecule has 2 unspecified atom stereocenters. The highest BCUT2D eigenvalue weighted by Crippen LogP contribution is 2.34. The van der Waals surface area contributed by atoms with Gasteiger partial charge in [-0.05, 0) is 48.6 Å². The van der Waals surface area contributed by atoms with E-state index in [-0.39, 0.29) is 11.1 Å². The minimum Gasteiger partial charge on any atom is -0.478 e. The average Bonchev–Trinajstić information content (AvgIpc) is 3.28. The van der Waals surface area contributed by atoms with E-state index < -0.39 is 23.0 Å². The van der Waals surface area contributed by atoms with Crippen molar-refractivity contribution in [2.75, 3.05) is 0 Å². The summed E-state index contributed by atoms with van der Waals surface area (Å²) in [4.78, 5) is 24.6. The van der Waals surface area contributed by atoms with Gasteiger partial charge >= 0.3 is 5.97 Å². The molecule has 0 bridgehead atoms. The molecule has 158 valence electrons. The minimum atomic E-state index is -1.36. The molecule has 0 radical (unpaired) electrons. The fraction of sp³-hybridized carbons (Fsp3) is 0.200. The van der Waals surface area contributed by atoms with Crippen molar-refractivity contribution in [3.8, 4) is 5.75 Å². The number of carbonyl (C=O) groups excluding carboxylic acids is 1. The van der Waals surface area contributed by atoms with Crippen LogP contribution in [0.25, 0.3) is 5.57 Å². The van der Waals surface area contributed by atoms with E-state index in [0.717, 1.165) is 11.1 Å². The summed E-state index contributed by atoms with van der Waals surface area (Å²) in [6.07, 6.45) is 6.85. The molecule has 2 aromatic rings. The van der Waals surface area contributed by atoms with Gasteiger partial charge in [0.05, 0.1) is 0 Å². The Kier molecular flexibility index (Phi) is 5.96. The smallest absolute Gasteiger partial charge is 0.332 e. The zero-order valence-electron chi connectivity index (χ0n) is 16.8. The molecule has 0 saturated heterocycles. The van der Waals surface area contributed by atoms with Gasteiger partial charge in [0, 0.05) is 11.1 Å². The maximum atomic E-state index is 13.1. The lowest BCUT2D eigenvalue weighted by Crippen LogP contribution is -2.58. The second-order valence-corrected chi connectivity index (χ2v) is 7.97. The van der Waals surface area contributed by atoms with E-state index in [1.165, 1.54) is 0 Å². The van der Waals surface area contributed by atoms with E-state index in [0.29, 0.717) is 25.0 Å². The Morgan fingerprint density at radius 1 is 1.00 bits per heavy atom. The highest BCUT2D eigenvalue weighted by atomic mass is 35.5. The summed E-state index contributed by atoms with van der Waals surface area (Å²) in [5, 5.41) is 11.6. The molecule has 2 aromatic carbocycles. The lowest BCUT2D eigenvalue weighted by molar-refractivity contribution is -0.133. The number of amides is 1. The molecule has 0 heterocycles. The number of carboxylic acid groups (broad SMARTS) is 1. The van der Waals surface area contributed by atoms with E-state index in [9.17, 15) is 14.7 Å². The first-order valence-corrected chi connectivity index (χ1v) is 10.5. The Balaban J connectivity index is 1.68. The maximum Gasteiger partial charge on any atom is 0.332 e. The van der Waals surface area contributed by atoms with Crippen molar-refractivity contribution in [3.63, 3.8) is 0 Å². The summed E-state index contributed by atoms with van der Waals surface area (Å²) in [5.41, 5.74) is 0.971. The lowest BCUT2D eigenvalue weighted by Gasteiger charge is -2.37. The third-order valence-corrected chi connectivity index (χ3v) is 5.89. The van der Waals surface area contributed by atoms with E-state index in [1.807, 2.05) is 60.7 Å². The number of hydrogen-bond acceptors (Lipinski definition) is 3. The van der Waals surface area contributed by atoms with Gasteiger partial charge < -0.3 is 15.2 Å². The SMILES string of the molecule is O=C(O)C1=C(C(=O)NC2(Oc3ccccc3)C=CC(c3ccccc3)=CC2Cl)CCC1. The summed E-state index contributed by atoms with van der Waals surface area (Å²) >= 11 is 6.78. The normalized spacial score (nSPS) is 22.7. The van der Waals surface area contributed by atoms with Gasteiger partial charge in [-0.1, -0.05) is 60.7 Å². The number of carbonyl (C=O) groups is 2. The second kappa shape index (κ2) is 8.82. The summed E-state index contributed by atoms with van der Waals surface area (Å²) in [6.45, 7) is 0. The first-order chi connectivity index (χ1) is 15.0. The fourth-order valence-electron chi connectivity index (χ4n) is 3.86. The van der Waals surface area contributed by atoms with Crippen molar-refractivity contribution in [2.45, 2.75) is 30.4 Å². The highest BCUT2D eigenvalue weighted by molar-refractivity contribution is 6.24. The van der Waals surface area contributed by atoms with Crippen molar-refractivity contribution in [3.05, 3.63) is 95.6 Å². The maximum absolute atomic E-state index is 13.1. The fourth-order valence-corrected chi connectivity index (χ4v) is 4.17. The monoisotopic (exact) mass is 435 g/mol. The summed E-state index contributed by atoms with van der Waals surface area (Å²) < 4.78 is 6.20. The van der Waals surface area contributed by atoms with Crippen molar-refractivity contribution < 1.29 is 19.4 Å². The summed E-state index contributed by atoms with van der Waals surface area (Å²) in [7, 11) is 0. The first-order valence-electron chi connectivity index (χ1n) is 10.1. The molecule has 0 spiro atoms. The molecule has 2 aliphatic carbocycles. The van der Waals surface area contributed by atoms with E-state index >= 15 is 0 Å². The van der Waals surface area contributed by atoms with Crippen LogP contribution < -0.4 is 10.1 Å². The van der Waals surface area contributed by atoms with Crippen LogP contribution in [0.3, 0.4) is 0 Å². The van der Waals surface area contributed by atoms with Crippen LogP contribution in [0.2, 0.25) is 0 Å². The van der Waals surface area contributed by atoms with Crippen LogP contribution >= 0.6 is 11.6 Å². The third kappa shape index (κ3) is 4.42. The van der Waals surface area contributed by atoms with Crippen LogP contribution in [-0.4, -0.2) is 28.1 Å². The number of allylic oxidation sites excluding steroid dienone is 2. The molecule has 0 fully saturated rings. The van der Waals surface area contributed by atoms with E-state index in [2.05, 4.69) is 5.32 Å². The zero-order valence-corrected chi connectivity index (χ0v) is 17.5. The Hall–Kier alpha value is -3.31. The van der Waals surface area contributed by atoms with Gasteiger partial charge in [-0.15, -0.1) is 11.6 Å². The quantitative estimate of drug-likeness (QED) is 0.509. The number of aliphatic carboxylic acids is 1. The Labute approximate surface area is 185 Å². The standard InChI is InChI=1S/C25H22ClNO4/c26-22-16-18(17-8-3-1-4-9-17)14-15-25(22,31-19-10-5-2-6-11-19)27-23(28)20-12-7-13-21(20)24(29)30/h1-6,8-11,14-16,22H,7,12-13H2,(H,27,28)(H,29,30). The van der Waals surface area contributed by atoms with Crippen LogP contribution in [0.15, 0.2) is 90.0 Å². The van der Waals surface area contributed by atoms with Gasteiger partial charge in [0.25, 0.3) is 5.91 Å². The van der Waals surface area contributed by atoms with Gasteiger partial charge in [0.2, 0.25) is 5.72 Å². The van der Waals surface area contributed by atoms with Crippen molar-refractivity contribution in [1.29, 1.82) is 0 Å². The van der Waals surface area contributed by atoms with E-state index in [4.69, 9.17) is 16.3 Å². The van der Waals surface area contributed by atoms with Crippen molar-refractivity contribution in [2.24, 2.45) is 0 Å². The molecule has 0 aliphatic heterocycles. The van der Waals surface area contributed by atoms with Crippen LogP contribution in [0.4, 0.5) is 0 Å². The second-order valence-electron chi connectivity index (χ2n) is 7.50. The largest absolute Gasteiger partial charge is 0.478 e. The summed E-state index contributed by atoms with van der Waals surface area (Å²) in [5.74, 6) is -1.00. The molecular formula is C25H22ClNO4. The number of nitrogens with one attached hydrogen (secondary N) is 1. The predicted molar refractivity (Wildman–Crippen MR) is 120 cm³/mol. The Morgan fingerprint density at radius 2 is 1.65 bits per heavy atom. The van der Waals surface area contributed by atoms with Gasteiger partial charge in [-0.25, -0.2) is 4.79 Å². The number of ether oxygens (including phenoxy) is 1. The van der Waals surface area contributed by atoms with Crippen LogP contribution in [0.1, 0.15) is 24.8 Å². The average molecular weight is 436 g/mol. The van der Waals surface area contributed by atoms with Gasteiger partial charge in [-0.3, -0.25) is 4.79 Å². The predicted octanol–water partition coefficient (Wildman–Crippen LogP) is 4.70. The molecule has 0 saturated carbocycles. The first kappa shape index (κ1) is 20.9. The number of para-hydroxylation sites is 1. The van der Waals surface area contributed by atoms with Crippen molar-refractivity contribution in [1.82, 2.24) is 5.32 Å². The van der Waals surface area contributed by atoms with Gasteiger partial charge in [0.15, 0.2) is 0 Å². The number of alkyl halides is 1. The molecule has 2 aliphatic rings. The molecule has 2 N–H and O–H groups in total. The number of benzene rings is 2. The molecule has 5 nitrogen and oxygen atoms in total. The lowest BCUT2D eigenvalue weighted by atomic mass is 9.93. The molecule has 31 heavy (non-hydrogen) atoms. The van der Waals surface area contributed by atoms with Crippen molar-refractivity contribution >= 4 is 29.1 Å². The molecule has 4 rings (SSSR count). The number of hydrogen-bond donors (Lipinski definition) is 2. The number of halogens is 1. The molecule has 6 heteroatoms. The Morgan fingerprint density at radius 3 is 2.29 bits per heavy atom. The Bertz CT molecular complexity index is 1080. The summed E-state index contributed by atoms with van der Waals surface area (Å²) in [6, 6.07) is 18.9. The van der Waals surface area contributed by atoms with E-state index in [1.54, 1.807) is 18.2 Å². The third-order valence-electron chi connectivity index (χ3n) is 5.44. The zero-order chi connectivity index (χ0) is 21.8. The molecule has 1 amide bonds. The topological polar surface area (TPSA) is 75.6 Å².